The van der Waals surface area contributed by atoms with Gasteiger partial charge in [0.15, 0.2) is 0 Å². The molecule has 2 saturated heterocycles. The van der Waals surface area contributed by atoms with Crippen LogP contribution in [0.15, 0.2) is 12.7 Å². The molecule has 3 atom stereocenters. The van der Waals surface area contributed by atoms with Crippen LogP contribution in [-0.4, -0.2) is 40.9 Å². The first-order valence-electron chi connectivity index (χ1n) is 5.48. The van der Waals surface area contributed by atoms with Crippen LogP contribution >= 0.6 is 0 Å². The summed E-state index contributed by atoms with van der Waals surface area (Å²) in [7, 11) is 0. The molecule has 2 heterocycles. The number of fused-ring (bicyclic) bond motifs is 1. The normalized spacial score (nSPS) is 34.9. The van der Waals surface area contributed by atoms with Crippen molar-refractivity contribution in [2.24, 2.45) is 0 Å². The van der Waals surface area contributed by atoms with Crippen LogP contribution in [0, 0.1) is 0 Å². The molecule has 0 radical (unpaired) electrons. The minimum atomic E-state index is -0.420. The zero-order chi connectivity index (χ0) is 10.8. The first-order chi connectivity index (χ1) is 7.24. The Morgan fingerprint density at radius 3 is 3.13 bits per heavy atom. The van der Waals surface area contributed by atoms with Gasteiger partial charge < -0.3 is 9.84 Å². The molecule has 15 heavy (non-hydrogen) atoms. The van der Waals surface area contributed by atoms with Crippen LogP contribution in [0.3, 0.4) is 0 Å². The number of carbonyl (C=O) groups excluding carboxylic acids is 1. The molecule has 0 aromatic rings. The van der Waals surface area contributed by atoms with Gasteiger partial charge in [-0.15, -0.1) is 6.58 Å². The summed E-state index contributed by atoms with van der Waals surface area (Å²) in [5.74, 6) is 0. The Morgan fingerprint density at radius 1 is 1.60 bits per heavy atom. The van der Waals surface area contributed by atoms with Crippen molar-refractivity contribution >= 4 is 6.09 Å². The van der Waals surface area contributed by atoms with E-state index in [0.717, 1.165) is 25.7 Å². The summed E-state index contributed by atoms with van der Waals surface area (Å²) in [5.41, 5.74) is 0. The van der Waals surface area contributed by atoms with Crippen LogP contribution in [0.2, 0.25) is 0 Å². The van der Waals surface area contributed by atoms with Crippen LogP contribution < -0.4 is 0 Å². The van der Waals surface area contributed by atoms with Gasteiger partial charge in [0, 0.05) is 6.04 Å². The summed E-state index contributed by atoms with van der Waals surface area (Å²) >= 11 is 0. The Kier molecular flexibility index (Phi) is 2.95. The van der Waals surface area contributed by atoms with Crippen LogP contribution in [0.25, 0.3) is 0 Å². The summed E-state index contributed by atoms with van der Waals surface area (Å²) in [6, 6.07) is 0.0902. The summed E-state index contributed by atoms with van der Waals surface area (Å²) in [6.07, 6.45) is 4.62. The molecule has 1 N–H and O–H groups in total. The van der Waals surface area contributed by atoms with Crippen molar-refractivity contribution in [3.8, 4) is 0 Å². The van der Waals surface area contributed by atoms with Gasteiger partial charge in [-0.1, -0.05) is 6.08 Å². The third-order valence-electron chi connectivity index (χ3n) is 3.28. The number of ether oxygens (including phenoxy) is 1. The lowest BCUT2D eigenvalue weighted by atomic mass is 9.92. The monoisotopic (exact) mass is 211 g/mol. The van der Waals surface area contributed by atoms with Gasteiger partial charge in [-0.25, -0.2) is 4.79 Å². The maximum Gasteiger partial charge on any atom is 0.410 e. The lowest BCUT2D eigenvalue weighted by Crippen LogP contribution is -2.52. The molecule has 2 rings (SSSR count). The summed E-state index contributed by atoms with van der Waals surface area (Å²) in [6.45, 7) is 4.02. The number of piperidine rings is 1. The Labute approximate surface area is 89.5 Å². The average Bonchev–Trinajstić information content (AvgIpc) is 2.61. The van der Waals surface area contributed by atoms with Crippen LogP contribution in [0.1, 0.15) is 25.7 Å². The molecule has 0 bridgehead atoms. The second-order valence-electron chi connectivity index (χ2n) is 4.22. The van der Waals surface area contributed by atoms with Gasteiger partial charge in [-0.3, -0.25) is 4.90 Å². The Hall–Kier alpha value is -1.03. The maximum atomic E-state index is 11.5. The summed E-state index contributed by atoms with van der Waals surface area (Å²) in [5, 5.41) is 9.75. The van der Waals surface area contributed by atoms with Crippen molar-refractivity contribution < 1.29 is 14.6 Å². The second-order valence-corrected chi connectivity index (χ2v) is 4.22. The molecule has 0 saturated carbocycles. The van der Waals surface area contributed by atoms with Gasteiger partial charge in [0.1, 0.15) is 6.61 Å². The van der Waals surface area contributed by atoms with Crippen LogP contribution in [-0.2, 0) is 4.74 Å². The summed E-state index contributed by atoms with van der Waals surface area (Å²) < 4.78 is 4.98. The predicted molar refractivity (Wildman–Crippen MR) is 55.4 cm³/mol. The fourth-order valence-electron chi connectivity index (χ4n) is 2.45. The van der Waals surface area contributed by atoms with E-state index in [9.17, 15) is 9.90 Å². The maximum absolute atomic E-state index is 11.5. The Morgan fingerprint density at radius 2 is 2.40 bits per heavy atom. The van der Waals surface area contributed by atoms with E-state index in [2.05, 4.69) is 6.58 Å². The van der Waals surface area contributed by atoms with E-state index in [0.29, 0.717) is 6.61 Å². The van der Waals surface area contributed by atoms with Crippen molar-refractivity contribution in [2.45, 2.75) is 43.9 Å². The largest absolute Gasteiger partial charge is 0.447 e. The zero-order valence-corrected chi connectivity index (χ0v) is 8.76. The number of aliphatic hydroxyl groups excluding tert-OH is 1. The average molecular weight is 211 g/mol. The van der Waals surface area contributed by atoms with Gasteiger partial charge in [0.2, 0.25) is 0 Å². The van der Waals surface area contributed by atoms with Crippen molar-refractivity contribution in [3.05, 3.63) is 12.7 Å². The second kappa shape index (κ2) is 4.23. The van der Waals surface area contributed by atoms with E-state index in [1.807, 2.05) is 6.08 Å². The van der Waals surface area contributed by atoms with E-state index in [1.54, 1.807) is 4.90 Å². The van der Waals surface area contributed by atoms with Crippen molar-refractivity contribution in [3.63, 3.8) is 0 Å². The number of hydrogen-bond acceptors (Lipinski definition) is 3. The van der Waals surface area contributed by atoms with Gasteiger partial charge in [-0.2, -0.15) is 0 Å². The van der Waals surface area contributed by atoms with Gasteiger partial charge in [0.25, 0.3) is 0 Å². The fourth-order valence-corrected chi connectivity index (χ4v) is 2.45. The predicted octanol–water partition coefficient (Wildman–Crippen LogP) is 1.30. The van der Waals surface area contributed by atoms with Crippen molar-refractivity contribution in [1.29, 1.82) is 0 Å². The highest BCUT2D eigenvalue weighted by atomic mass is 16.6. The quantitative estimate of drug-likeness (QED) is 0.716. The van der Waals surface area contributed by atoms with E-state index in [1.165, 1.54) is 0 Å². The lowest BCUT2D eigenvalue weighted by Gasteiger charge is -2.38. The molecule has 2 fully saturated rings. The highest BCUT2D eigenvalue weighted by Gasteiger charge is 2.44. The third kappa shape index (κ3) is 1.86. The number of nitrogens with zero attached hydrogens (tertiary/aromatic N) is 1. The molecule has 0 aromatic heterocycles. The lowest BCUT2D eigenvalue weighted by molar-refractivity contribution is 0.0209. The van der Waals surface area contributed by atoms with Crippen molar-refractivity contribution in [1.82, 2.24) is 4.90 Å². The number of amides is 1. The van der Waals surface area contributed by atoms with Gasteiger partial charge >= 0.3 is 6.09 Å². The molecule has 84 valence electrons. The topological polar surface area (TPSA) is 49.8 Å². The number of allylic oxidation sites excluding steroid dienone is 1. The Balaban J connectivity index is 2.06. The molecular formula is C11H17NO3. The minimum absolute atomic E-state index is 0.124. The molecule has 1 amide bonds. The van der Waals surface area contributed by atoms with Gasteiger partial charge in [0.05, 0.1) is 12.1 Å². The molecule has 0 aromatic carbocycles. The first kappa shape index (κ1) is 10.5. The minimum Gasteiger partial charge on any atom is -0.447 e. The Bertz CT molecular complexity index is 267. The van der Waals surface area contributed by atoms with Crippen LogP contribution in [0.5, 0.6) is 0 Å². The number of aliphatic hydroxyl groups is 1. The number of hydrogen-bond donors (Lipinski definition) is 1. The molecule has 2 aliphatic heterocycles. The molecule has 4 nitrogen and oxygen atoms in total. The third-order valence-corrected chi connectivity index (χ3v) is 3.28. The molecule has 0 spiro atoms. The fraction of sp³-hybridized carbons (Fsp3) is 0.727. The first-order valence-corrected chi connectivity index (χ1v) is 5.48. The summed E-state index contributed by atoms with van der Waals surface area (Å²) in [4.78, 5) is 13.2. The highest BCUT2D eigenvalue weighted by Crippen LogP contribution is 2.30. The zero-order valence-electron chi connectivity index (χ0n) is 8.76. The van der Waals surface area contributed by atoms with E-state index < -0.39 is 6.10 Å². The number of rotatable bonds is 3. The number of carbonyl (C=O) groups is 1. The highest BCUT2D eigenvalue weighted by molar-refractivity contribution is 5.70. The standard InChI is InChI=1S/C11H17NO3/c1-2-3-4-8-5-6-10(13)9-7-15-11(14)12(8)9/h2,8-10,13H,1,3-7H2/t8-,9-,10-/m0/s1. The van der Waals surface area contributed by atoms with E-state index in [-0.39, 0.29) is 18.2 Å². The van der Waals surface area contributed by atoms with Gasteiger partial charge in [-0.05, 0) is 25.7 Å². The van der Waals surface area contributed by atoms with Crippen molar-refractivity contribution in [2.75, 3.05) is 6.61 Å². The van der Waals surface area contributed by atoms with E-state index >= 15 is 0 Å². The van der Waals surface area contributed by atoms with Crippen LogP contribution in [0.4, 0.5) is 4.79 Å². The molecular weight excluding hydrogens is 194 g/mol. The number of cyclic esters (lactones) is 1. The van der Waals surface area contributed by atoms with E-state index in [4.69, 9.17) is 4.74 Å². The SMILES string of the molecule is C=CCC[C@H]1CC[C@H](O)[C@@H]2COC(=O)N12. The molecule has 0 unspecified atom stereocenters. The molecule has 4 heteroatoms. The molecule has 0 aliphatic carbocycles. The molecule has 2 aliphatic rings. The smallest absolute Gasteiger partial charge is 0.410 e.